The zero-order valence-electron chi connectivity index (χ0n) is 69.6. The lowest BCUT2D eigenvalue weighted by Gasteiger charge is -2.21. The highest BCUT2D eigenvalue weighted by molar-refractivity contribution is 7.47. The van der Waals surface area contributed by atoms with E-state index in [-0.39, 0.29) is 25.7 Å². The van der Waals surface area contributed by atoms with Gasteiger partial charge in [0.05, 0.1) is 26.4 Å². The largest absolute Gasteiger partial charge is 0.472 e. The number of aliphatic hydroxyl groups excluding tert-OH is 1. The summed E-state index contributed by atoms with van der Waals surface area (Å²) in [6.45, 7) is 7.38. The molecule has 0 aliphatic heterocycles. The van der Waals surface area contributed by atoms with Crippen LogP contribution in [-0.4, -0.2) is 96.7 Å². The molecule has 19 heteroatoms. The molecular weight excluding hydrogens is 1380 g/mol. The molecule has 3 unspecified atom stereocenters. The molecule has 0 rings (SSSR count). The first-order valence-electron chi connectivity index (χ1n) is 45.2. The third kappa shape index (κ3) is 78.7. The number of rotatable bonds is 87. The summed E-state index contributed by atoms with van der Waals surface area (Å²) < 4.78 is 68.9. The molecule has 0 heterocycles. The lowest BCUT2D eigenvalue weighted by Crippen LogP contribution is -2.30. The van der Waals surface area contributed by atoms with Gasteiger partial charge in [-0.05, 0) is 31.6 Å². The Balaban J connectivity index is 5.21. The second-order valence-electron chi connectivity index (χ2n) is 31.5. The number of ether oxygens (including phenoxy) is 4. The minimum absolute atomic E-state index is 0.107. The van der Waals surface area contributed by atoms with Crippen LogP contribution in [0.1, 0.15) is 471 Å². The van der Waals surface area contributed by atoms with Crippen LogP contribution in [0.3, 0.4) is 0 Å². The van der Waals surface area contributed by atoms with Gasteiger partial charge in [0, 0.05) is 25.7 Å². The fourth-order valence-electron chi connectivity index (χ4n) is 13.6. The quantitative estimate of drug-likeness (QED) is 0.0222. The summed E-state index contributed by atoms with van der Waals surface area (Å²) in [4.78, 5) is 73.2. The summed E-state index contributed by atoms with van der Waals surface area (Å²) in [7, 11) is -9.93. The third-order valence-corrected chi connectivity index (χ3v) is 22.8. The highest BCUT2D eigenvalue weighted by Gasteiger charge is 2.30. The minimum Gasteiger partial charge on any atom is -0.462 e. The molecule has 17 nitrogen and oxygen atoms in total. The third-order valence-electron chi connectivity index (χ3n) is 20.9. The Labute approximate surface area is 651 Å². The number of aliphatic hydroxyl groups is 1. The van der Waals surface area contributed by atoms with Crippen molar-refractivity contribution < 1.29 is 80.2 Å². The van der Waals surface area contributed by atoms with Crippen LogP contribution in [0.2, 0.25) is 0 Å². The molecule has 6 atom stereocenters. The van der Waals surface area contributed by atoms with Gasteiger partial charge in [-0.25, -0.2) is 9.13 Å². The summed E-state index contributed by atoms with van der Waals surface area (Å²) in [5, 5.41) is 10.7. The zero-order valence-corrected chi connectivity index (χ0v) is 71.4. The van der Waals surface area contributed by atoms with Gasteiger partial charge in [-0.3, -0.25) is 37.3 Å². The van der Waals surface area contributed by atoms with E-state index in [2.05, 4.69) is 34.6 Å². The van der Waals surface area contributed by atoms with Crippen molar-refractivity contribution in [3.05, 3.63) is 0 Å². The fourth-order valence-corrected chi connectivity index (χ4v) is 15.2. The van der Waals surface area contributed by atoms with Crippen LogP contribution < -0.4 is 0 Å². The molecule has 0 fully saturated rings. The van der Waals surface area contributed by atoms with Crippen LogP contribution in [0.4, 0.5) is 0 Å². The van der Waals surface area contributed by atoms with Crippen molar-refractivity contribution in [3.8, 4) is 0 Å². The molecule has 0 aliphatic carbocycles. The molecule has 0 saturated carbocycles. The average molecular weight is 1550 g/mol. The first kappa shape index (κ1) is 104. The summed E-state index contributed by atoms with van der Waals surface area (Å²) in [6, 6.07) is 0. The molecule has 0 amide bonds. The van der Waals surface area contributed by atoms with Crippen LogP contribution in [0.5, 0.6) is 0 Å². The van der Waals surface area contributed by atoms with Crippen LogP contribution in [0.25, 0.3) is 0 Å². The van der Waals surface area contributed by atoms with Gasteiger partial charge in [-0.2, -0.15) is 0 Å². The maximum atomic E-state index is 13.2. The van der Waals surface area contributed by atoms with Crippen molar-refractivity contribution >= 4 is 39.5 Å². The molecular formula is C87H170O17P2. The van der Waals surface area contributed by atoms with Crippen molar-refractivity contribution in [2.75, 3.05) is 39.6 Å². The van der Waals surface area contributed by atoms with Crippen molar-refractivity contribution in [1.29, 1.82) is 0 Å². The van der Waals surface area contributed by atoms with Crippen LogP contribution in [0.15, 0.2) is 0 Å². The molecule has 0 aromatic carbocycles. The maximum Gasteiger partial charge on any atom is 0.472 e. The molecule has 630 valence electrons. The molecule has 0 radical (unpaired) electrons. The lowest BCUT2D eigenvalue weighted by atomic mass is 9.99. The molecule has 106 heavy (non-hydrogen) atoms. The molecule has 0 aromatic rings. The lowest BCUT2D eigenvalue weighted by molar-refractivity contribution is -0.161. The Morgan fingerprint density at radius 1 is 0.264 bits per heavy atom. The number of hydrogen-bond donors (Lipinski definition) is 3. The van der Waals surface area contributed by atoms with E-state index in [1.54, 1.807) is 0 Å². The first-order chi connectivity index (χ1) is 51.6. The van der Waals surface area contributed by atoms with Crippen LogP contribution in [-0.2, 0) is 65.4 Å². The van der Waals surface area contributed by atoms with E-state index >= 15 is 0 Å². The number of carbonyl (C=O) groups is 4. The van der Waals surface area contributed by atoms with Crippen LogP contribution >= 0.6 is 15.6 Å². The summed E-state index contributed by atoms with van der Waals surface area (Å²) in [6.07, 6.45) is 73.7. The van der Waals surface area contributed by atoms with Crippen molar-refractivity contribution in [2.24, 2.45) is 5.92 Å². The summed E-state index contributed by atoms with van der Waals surface area (Å²) in [5.41, 5.74) is 0. The van der Waals surface area contributed by atoms with E-state index in [1.165, 1.54) is 295 Å². The molecule has 0 aromatic heterocycles. The number of phosphoric acid groups is 2. The second-order valence-corrected chi connectivity index (χ2v) is 34.4. The molecule has 0 saturated heterocycles. The van der Waals surface area contributed by atoms with Gasteiger partial charge in [0.15, 0.2) is 12.2 Å². The standard InChI is InChI=1S/C87H170O17P2/c1-6-10-13-16-19-22-25-27-29-31-33-35-37-39-41-43-45-51-56-61-66-71-85(90)98-77-83(103-86(91)72-67-62-57-52-46-44-42-40-38-36-34-32-30-28-26-23-20-17-14-11-7-2)79-102-106(95,96)100-75-81(88)74-99-105(93,94)101-78-82(76-97-84(89)70-65-60-55-50-24-21-18-15-12-8-3)104-87(92)73-68-63-58-53-48-47-49-54-59-64-69-80(5)9-4/h80-83,88H,6-79H2,1-5H3,(H,93,94)(H,95,96)/t80?,81-,82+,83+/m0/s1. The van der Waals surface area contributed by atoms with E-state index in [0.29, 0.717) is 25.7 Å². The molecule has 0 bridgehead atoms. The Kier molecular flexibility index (Phi) is 78.2. The second kappa shape index (κ2) is 79.7. The van der Waals surface area contributed by atoms with E-state index in [1.807, 2.05) is 0 Å². The molecule has 3 N–H and O–H groups in total. The summed E-state index contributed by atoms with van der Waals surface area (Å²) in [5.74, 6) is -1.30. The number of unbranched alkanes of at least 4 members (excludes halogenated alkanes) is 58. The number of hydrogen-bond acceptors (Lipinski definition) is 15. The smallest absolute Gasteiger partial charge is 0.462 e. The van der Waals surface area contributed by atoms with E-state index < -0.39 is 97.5 Å². The van der Waals surface area contributed by atoms with Crippen molar-refractivity contribution in [1.82, 2.24) is 0 Å². The number of esters is 4. The van der Waals surface area contributed by atoms with E-state index in [9.17, 15) is 43.2 Å². The Hall–Kier alpha value is -1.94. The van der Waals surface area contributed by atoms with Crippen molar-refractivity contribution in [2.45, 2.75) is 490 Å². The minimum atomic E-state index is -4.97. The first-order valence-corrected chi connectivity index (χ1v) is 48.2. The van der Waals surface area contributed by atoms with Gasteiger partial charge in [0.1, 0.15) is 19.3 Å². The van der Waals surface area contributed by atoms with Crippen LogP contribution in [0, 0.1) is 5.92 Å². The van der Waals surface area contributed by atoms with Crippen molar-refractivity contribution in [3.63, 3.8) is 0 Å². The monoisotopic (exact) mass is 1550 g/mol. The van der Waals surface area contributed by atoms with E-state index in [4.69, 9.17) is 37.0 Å². The van der Waals surface area contributed by atoms with Gasteiger partial charge >= 0.3 is 39.5 Å². The predicted molar refractivity (Wildman–Crippen MR) is 437 cm³/mol. The Morgan fingerprint density at radius 2 is 0.453 bits per heavy atom. The fraction of sp³-hybridized carbons (Fsp3) is 0.954. The summed E-state index contributed by atoms with van der Waals surface area (Å²) >= 11 is 0. The topological polar surface area (TPSA) is 237 Å². The normalized spacial score (nSPS) is 14.0. The highest BCUT2D eigenvalue weighted by Crippen LogP contribution is 2.45. The average Bonchev–Trinajstić information content (AvgIpc) is 0.903. The number of phosphoric ester groups is 2. The molecule has 0 spiro atoms. The zero-order chi connectivity index (χ0) is 77.6. The van der Waals surface area contributed by atoms with Gasteiger partial charge in [0.2, 0.25) is 0 Å². The number of carbonyl (C=O) groups excluding carboxylic acids is 4. The predicted octanol–water partition coefficient (Wildman–Crippen LogP) is 26.8. The van der Waals surface area contributed by atoms with Gasteiger partial charge in [-0.15, -0.1) is 0 Å². The Morgan fingerprint density at radius 3 is 0.670 bits per heavy atom. The van der Waals surface area contributed by atoms with E-state index in [0.717, 1.165) is 95.8 Å². The molecule has 0 aliphatic rings. The maximum absolute atomic E-state index is 13.2. The van der Waals surface area contributed by atoms with Gasteiger partial charge in [-0.1, -0.05) is 420 Å². The SMILES string of the molecule is CCCCCCCCCCCCCCCCCCCCCCCC(=O)OC[C@H](COP(=O)(O)OC[C@@H](O)COP(=O)(O)OC[C@@H](COC(=O)CCCCCCCCCCCC)OC(=O)CCCCCCCCCCCCC(C)CC)OC(=O)CCCCCCCCCCCCCCCCCCCCCCC. The highest BCUT2D eigenvalue weighted by atomic mass is 31.2. The van der Waals surface area contributed by atoms with Gasteiger partial charge in [0.25, 0.3) is 0 Å². The van der Waals surface area contributed by atoms with Gasteiger partial charge < -0.3 is 33.8 Å². The Bertz CT molecular complexity index is 2020.